The smallest absolute Gasteiger partial charge is 0.380 e. The van der Waals surface area contributed by atoms with E-state index in [0.717, 1.165) is 17.5 Å². The number of halogens is 3. The van der Waals surface area contributed by atoms with Crippen molar-refractivity contribution in [2.75, 3.05) is 18.8 Å². The highest BCUT2D eigenvalue weighted by molar-refractivity contribution is 8.35. The summed E-state index contributed by atoms with van der Waals surface area (Å²) in [6, 6.07) is 4.04. The molecule has 24 heavy (non-hydrogen) atoms. The van der Waals surface area contributed by atoms with Crippen LogP contribution in [0, 0.1) is 0 Å². The molecular weight excluding hydrogens is 331 g/mol. The summed E-state index contributed by atoms with van der Waals surface area (Å²) >= 11 is 0. The number of hydrogen-bond acceptors (Lipinski definition) is 1. The van der Waals surface area contributed by atoms with Crippen molar-refractivity contribution >= 4 is 10.0 Å². The minimum Gasteiger partial charge on any atom is -0.380 e. The molecule has 1 aromatic rings. The molecule has 0 amide bonds. The molecule has 2 atom stereocenters. The third kappa shape index (κ3) is 3.41. The topological polar surface area (TPSA) is 12.0 Å². The zero-order valence-corrected chi connectivity index (χ0v) is 14.8. The molecule has 0 radical (unpaired) electrons. The molecule has 1 aromatic carbocycles. The first-order chi connectivity index (χ1) is 11.2. The third-order valence-electron chi connectivity index (χ3n) is 4.47. The lowest BCUT2D eigenvalue weighted by Crippen LogP contribution is -2.21. The van der Waals surface area contributed by atoms with E-state index in [4.69, 9.17) is 0 Å². The van der Waals surface area contributed by atoms with E-state index in [-0.39, 0.29) is 12.0 Å². The van der Waals surface area contributed by atoms with Gasteiger partial charge in [-0.05, 0) is 48.4 Å². The quantitative estimate of drug-likeness (QED) is 0.709. The van der Waals surface area contributed by atoms with Crippen molar-refractivity contribution in [2.24, 2.45) is 0 Å². The van der Waals surface area contributed by atoms with Crippen molar-refractivity contribution < 1.29 is 13.2 Å². The first-order valence-electron chi connectivity index (χ1n) is 7.87. The molecule has 0 saturated heterocycles. The van der Waals surface area contributed by atoms with Gasteiger partial charge in [0.05, 0.1) is 11.6 Å². The van der Waals surface area contributed by atoms with Gasteiger partial charge in [0.15, 0.2) is 0 Å². The molecule has 1 aliphatic carbocycles. The van der Waals surface area contributed by atoms with Crippen molar-refractivity contribution in [3.05, 3.63) is 70.3 Å². The molecule has 0 spiro atoms. The molecular formula is C19H22F3NS. The van der Waals surface area contributed by atoms with Gasteiger partial charge in [-0.25, -0.2) is 10.0 Å². The summed E-state index contributed by atoms with van der Waals surface area (Å²) < 4.78 is 39.2. The van der Waals surface area contributed by atoms with E-state index < -0.39 is 21.8 Å². The van der Waals surface area contributed by atoms with Crippen molar-refractivity contribution in [1.29, 1.82) is 0 Å². The minimum absolute atomic E-state index is 0.0797. The summed E-state index contributed by atoms with van der Waals surface area (Å²) in [6.45, 7) is 0. The minimum atomic E-state index is -4.31. The van der Waals surface area contributed by atoms with E-state index in [0.29, 0.717) is 0 Å². The number of allylic oxidation sites excluding steroid dienone is 3. The van der Waals surface area contributed by atoms with Gasteiger partial charge in [0, 0.05) is 17.0 Å². The SMILES string of the molecule is CS(C)(C)C1=CNC(c2ccc(C(F)(F)F)cc2C2C=CC2)C=C1. The Morgan fingerprint density at radius 3 is 2.25 bits per heavy atom. The average molecular weight is 353 g/mol. The number of rotatable bonds is 3. The van der Waals surface area contributed by atoms with E-state index >= 15 is 0 Å². The van der Waals surface area contributed by atoms with E-state index in [1.165, 1.54) is 17.0 Å². The highest BCUT2D eigenvalue weighted by Crippen LogP contribution is 2.47. The second kappa shape index (κ2) is 6.03. The summed E-state index contributed by atoms with van der Waals surface area (Å²) in [7, 11) is -0.826. The molecule has 2 unspecified atom stereocenters. The fourth-order valence-corrected chi connectivity index (χ4v) is 3.81. The molecule has 0 aromatic heterocycles. The van der Waals surface area contributed by atoms with E-state index in [1.54, 1.807) is 6.07 Å². The molecule has 0 fully saturated rings. The molecule has 2 aliphatic rings. The first kappa shape index (κ1) is 17.2. The lowest BCUT2D eigenvalue weighted by molar-refractivity contribution is -0.137. The second-order valence-corrected chi connectivity index (χ2v) is 11.1. The van der Waals surface area contributed by atoms with Gasteiger partial charge >= 0.3 is 6.18 Å². The van der Waals surface area contributed by atoms with Crippen LogP contribution in [0.5, 0.6) is 0 Å². The largest absolute Gasteiger partial charge is 0.416 e. The Balaban J connectivity index is 1.93. The molecule has 0 bridgehead atoms. The zero-order chi connectivity index (χ0) is 17.5. The van der Waals surface area contributed by atoms with Crippen LogP contribution in [-0.4, -0.2) is 18.8 Å². The maximum Gasteiger partial charge on any atom is 0.416 e. The van der Waals surface area contributed by atoms with Gasteiger partial charge in [0.1, 0.15) is 0 Å². The Morgan fingerprint density at radius 1 is 1.08 bits per heavy atom. The van der Waals surface area contributed by atoms with Crippen LogP contribution in [0.25, 0.3) is 0 Å². The van der Waals surface area contributed by atoms with Gasteiger partial charge in [-0.3, -0.25) is 0 Å². The third-order valence-corrected chi connectivity index (χ3v) is 6.14. The Hall–Kier alpha value is -1.62. The van der Waals surface area contributed by atoms with Crippen molar-refractivity contribution in [3.8, 4) is 0 Å². The molecule has 1 N–H and O–H groups in total. The van der Waals surface area contributed by atoms with Crippen LogP contribution in [-0.2, 0) is 6.18 Å². The van der Waals surface area contributed by atoms with Crippen molar-refractivity contribution in [2.45, 2.75) is 24.6 Å². The highest BCUT2D eigenvalue weighted by Gasteiger charge is 2.33. The van der Waals surface area contributed by atoms with Crippen LogP contribution in [0.2, 0.25) is 0 Å². The van der Waals surface area contributed by atoms with Gasteiger partial charge in [-0.1, -0.05) is 30.4 Å². The summed E-state index contributed by atoms with van der Waals surface area (Å²) in [5.74, 6) is 0.0797. The number of hydrogen-bond donors (Lipinski definition) is 1. The predicted octanol–water partition coefficient (Wildman–Crippen LogP) is 5.48. The maximum atomic E-state index is 13.1. The van der Waals surface area contributed by atoms with Crippen LogP contribution >= 0.6 is 10.0 Å². The van der Waals surface area contributed by atoms with E-state index in [1.807, 2.05) is 18.4 Å². The summed E-state index contributed by atoms with van der Waals surface area (Å²) in [5.41, 5.74) is 1.12. The maximum absolute atomic E-state index is 13.1. The fraction of sp³-hybridized carbons (Fsp3) is 0.368. The molecule has 1 aliphatic heterocycles. The highest BCUT2D eigenvalue weighted by atomic mass is 32.3. The molecule has 130 valence electrons. The van der Waals surface area contributed by atoms with Crippen LogP contribution in [0.15, 0.2) is 53.6 Å². The summed E-state index contributed by atoms with van der Waals surface area (Å²) in [5, 5.41) is 3.36. The number of alkyl halides is 3. The van der Waals surface area contributed by atoms with Gasteiger partial charge in [-0.15, -0.1) is 0 Å². The van der Waals surface area contributed by atoms with E-state index in [2.05, 4.69) is 36.2 Å². The van der Waals surface area contributed by atoms with Crippen LogP contribution in [0.4, 0.5) is 13.2 Å². The van der Waals surface area contributed by atoms with Crippen LogP contribution in [0.3, 0.4) is 0 Å². The summed E-state index contributed by atoms with van der Waals surface area (Å²) in [4.78, 5) is 1.26. The van der Waals surface area contributed by atoms with Crippen LogP contribution in [0.1, 0.15) is 35.1 Å². The molecule has 0 saturated carbocycles. The summed E-state index contributed by atoms with van der Waals surface area (Å²) in [6.07, 6.45) is 13.3. The van der Waals surface area contributed by atoms with E-state index in [9.17, 15) is 13.2 Å². The number of dihydropyridines is 1. The van der Waals surface area contributed by atoms with Gasteiger partial charge in [0.2, 0.25) is 0 Å². The van der Waals surface area contributed by atoms with Crippen molar-refractivity contribution in [3.63, 3.8) is 0 Å². The lowest BCUT2D eigenvalue weighted by atomic mass is 9.82. The Kier molecular flexibility index (Phi) is 4.32. The molecule has 1 nitrogen and oxygen atoms in total. The first-order valence-corrected chi connectivity index (χ1v) is 10.7. The average Bonchev–Trinajstić information content (AvgIpc) is 2.44. The van der Waals surface area contributed by atoms with Gasteiger partial charge < -0.3 is 5.32 Å². The zero-order valence-electron chi connectivity index (χ0n) is 14.0. The Bertz CT molecular complexity index is 723. The Labute approximate surface area is 142 Å². The van der Waals surface area contributed by atoms with Gasteiger partial charge in [0.25, 0.3) is 0 Å². The molecule has 3 rings (SSSR count). The Morgan fingerprint density at radius 2 is 1.79 bits per heavy atom. The normalized spacial score (nSPS) is 24.2. The predicted molar refractivity (Wildman–Crippen MR) is 96.4 cm³/mol. The van der Waals surface area contributed by atoms with Gasteiger partial charge in [-0.2, -0.15) is 13.2 Å². The fourth-order valence-electron chi connectivity index (χ4n) is 2.90. The standard InChI is InChI=1S/C19H22F3NS/c1-24(2,3)15-8-10-18(23-12-15)16-9-7-14(19(20,21)22)11-17(16)13-5-4-6-13/h4-5,7-13,18,23H,6H2,1-3H3. The number of benzene rings is 1. The van der Waals surface area contributed by atoms with Crippen LogP contribution < -0.4 is 5.32 Å². The molecule has 1 heterocycles. The second-order valence-electron chi connectivity index (χ2n) is 7.00. The van der Waals surface area contributed by atoms with Crippen molar-refractivity contribution in [1.82, 2.24) is 5.32 Å². The number of nitrogens with one attached hydrogen (secondary N) is 1. The lowest BCUT2D eigenvalue weighted by Gasteiger charge is -2.32. The monoisotopic (exact) mass is 353 g/mol. The molecule has 5 heteroatoms.